The zero-order chi connectivity index (χ0) is 20.9. The number of carbonyl (C=O) groups excluding carboxylic acids is 1. The van der Waals surface area contributed by atoms with Crippen LogP contribution in [0.15, 0.2) is 53.1 Å². The number of nitrogens with one attached hydrogen (secondary N) is 1. The minimum Gasteiger partial charge on any atom is -0.493 e. The number of aromatic nitrogens is 2. The van der Waals surface area contributed by atoms with Gasteiger partial charge in [-0.15, -0.1) is 0 Å². The molecule has 0 radical (unpaired) electrons. The standard InChI is InChI=1S/C21H20F2N4O3/c22-14-7-9-15(10-8-14)29-13-11-19-25-20(30-26-19)18-6-3-12-27(18)21(28)24-17-5-2-1-4-16(17)23/h1-2,4-5,7-10,18H,3,6,11-13H2,(H,24,28). The van der Waals surface area contributed by atoms with Gasteiger partial charge in [-0.3, -0.25) is 0 Å². The summed E-state index contributed by atoms with van der Waals surface area (Å²) in [5.74, 6) is 0.515. The van der Waals surface area contributed by atoms with Crippen molar-refractivity contribution in [1.29, 1.82) is 0 Å². The van der Waals surface area contributed by atoms with Crippen LogP contribution in [0.2, 0.25) is 0 Å². The van der Waals surface area contributed by atoms with E-state index >= 15 is 0 Å². The number of hydrogen-bond donors (Lipinski definition) is 1. The van der Waals surface area contributed by atoms with E-state index in [9.17, 15) is 13.6 Å². The highest BCUT2D eigenvalue weighted by atomic mass is 19.1. The van der Waals surface area contributed by atoms with Gasteiger partial charge < -0.3 is 19.5 Å². The fourth-order valence-electron chi connectivity index (χ4n) is 3.31. The minimum atomic E-state index is -0.497. The van der Waals surface area contributed by atoms with Crippen molar-refractivity contribution in [2.75, 3.05) is 18.5 Å². The molecule has 1 unspecified atom stereocenters. The first-order chi connectivity index (χ1) is 14.6. The largest absolute Gasteiger partial charge is 0.493 e. The predicted octanol–water partition coefficient (Wildman–Crippen LogP) is 4.34. The highest BCUT2D eigenvalue weighted by Crippen LogP contribution is 2.31. The van der Waals surface area contributed by atoms with Crippen LogP contribution in [0.3, 0.4) is 0 Å². The van der Waals surface area contributed by atoms with Gasteiger partial charge in [-0.05, 0) is 49.2 Å². The van der Waals surface area contributed by atoms with E-state index in [1.165, 1.54) is 24.3 Å². The van der Waals surface area contributed by atoms with Gasteiger partial charge in [0, 0.05) is 13.0 Å². The fraction of sp³-hybridized carbons (Fsp3) is 0.286. The molecule has 0 aliphatic carbocycles. The van der Waals surface area contributed by atoms with Crippen LogP contribution < -0.4 is 10.1 Å². The molecule has 1 aromatic heterocycles. The van der Waals surface area contributed by atoms with Crippen LogP contribution in [0.5, 0.6) is 5.75 Å². The van der Waals surface area contributed by atoms with Crippen molar-refractivity contribution in [2.45, 2.75) is 25.3 Å². The monoisotopic (exact) mass is 414 g/mol. The highest BCUT2D eigenvalue weighted by molar-refractivity contribution is 5.89. The fourth-order valence-corrected chi connectivity index (χ4v) is 3.31. The van der Waals surface area contributed by atoms with Gasteiger partial charge in [-0.2, -0.15) is 4.98 Å². The molecule has 0 spiro atoms. The summed E-state index contributed by atoms with van der Waals surface area (Å²) in [5, 5.41) is 6.54. The Morgan fingerprint density at radius 3 is 2.80 bits per heavy atom. The average Bonchev–Trinajstić information content (AvgIpc) is 3.40. The summed E-state index contributed by atoms with van der Waals surface area (Å²) < 4.78 is 37.6. The maximum absolute atomic E-state index is 13.8. The Labute approximate surface area is 171 Å². The first-order valence-electron chi connectivity index (χ1n) is 9.63. The number of nitrogens with zero attached hydrogens (tertiary/aromatic N) is 3. The molecule has 0 bridgehead atoms. The van der Waals surface area contributed by atoms with Crippen molar-refractivity contribution in [3.63, 3.8) is 0 Å². The summed E-state index contributed by atoms with van der Waals surface area (Å²) >= 11 is 0. The van der Waals surface area contributed by atoms with Crippen molar-refractivity contribution in [2.24, 2.45) is 0 Å². The predicted molar refractivity (Wildman–Crippen MR) is 104 cm³/mol. The van der Waals surface area contributed by atoms with E-state index in [4.69, 9.17) is 9.26 Å². The summed E-state index contributed by atoms with van der Waals surface area (Å²) in [5.41, 5.74) is 0.123. The van der Waals surface area contributed by atoms with Gasteiger partial charge in [0.2, 0.25) is 5.89 Å². The number of halogens is 2. The van der Waals surface area contributed by atoms with Crippen LogP contribution in [0, 0.1) is 11.6 Å². The Hall–Kier alpha value is -3.49. The lowest BCUT2D eigenvalue weighted by Gasteiger charge is -2.22. The molecule has 1 N–H and O–H groups in total. The minimum absolute atomic E-state index is 0.123. The molecule has 2 heterocycles. The quantitative estimate of drug-likeness (QED) is 0.649. The first-order valence-corrected chi connectivity index (χ1v) is 9.63. The van der Waals surface area contributed by atoms with Crippen LogP contribution in [0.25, 0.3) is 0 Å². The van der Waals surface area contributed by atoms with Gasteiger partial charge in [-0.25, -0.2) is 13.6 Å². The molecule has 1 atom stereocenters. The highest BCUT2D eigenvalue weighted by Gasteiger charge is 2.34. The van der Waals surface area contributed by atoms with E-state index in [-0.39, 0.29) is 17.5 Å². The van der Waals surface area contributed by atoms with E-state index < -0.39 is 11.8 Å². The smallest absolute Gasteiger partial charge is 0.322 e. The summed E-state index contributed by atoms with van der Waals surface area (Å²) in [6.07, 6.45) is 1.86. The maximum Gasteiger partial charge on any atom is 0.322 e. The topological polar surface area (TPSA) is 80.5 Å². The van der Waals surface area contributed by atoms with Gasteiger partial charge in [0.05, 0.1) is 12.3 Å². The van der Waals surface area contributed by atoms with Gasteiger partial charge in [-0.1, -0.05) is 17.3 Å². The summed E-state index contributed by atoms with van der Waals surface area (Å²) in [4.78, 5) is 18.6. The molecule has 2 amide bonds. The molecule has 0 saturated carbocycles. The molecular formula is C21H20F2N4O3. The number of likely N-dealkylation sites (tertiary alicyclic amines) is 1. The Balaban J connectivity index is 1.35. The number of carbonyl (C=O) groups is 1. The van der Waals surface area contributed by atoms with E-state index in [1.54, 1.807) is 29.2 Å². The number of para-hydroxylation sites is 1. The number of anilines is 1. The molecule has 1 saturated heterocycles. The van der Waals surface area contributed by atoms with Gasteiger partial charge in [0.1, 0.15) is 23.4 Å². The van der Waals surface area contributed by atoms with Crippen molar-refractivity contribution in [3.8, 4) is 5.75 Å². The second kappa shape index (κ2) is 8.89. The third-order valence-corrected chi connectivity index (χ3v) is 4.81. The summed E-state index contributed by atoms with van der Waals surface area (Å²) in [7, 11) is 0. The van der Waals surface area contributed by atoms with Crippen LogP contribution in [0.4, 0.5) is 19.3 Å². The van der Waals surface area contributed by atoms with Crippen molar-refractivity contribution in [1.82, 2.24) is 15.0 Å². The van der Waals surface area contributed by atoms with Crippen molar-refractivity contribution >= 4 is 11.7 Å². The molecule has 3 aromatic rings. The number of amides is 2. The van der Waals surface area contributed by atoms with Crippen LogP contribution in [-0.2, 0) is 6.42 Å². The molecule has 2 aromatic carbocycles. The molecule has 4 rings (SSSR count). The molecule has 9 heteroatoms. The zero-order valence-electron chi connectivity index (χ0n) is 16.1. The van der Waals surface area contributed by atoms with E-state index in [1.807, 2.05) is 0 Å². The number of urea groups is 1. The average molecular weight is 414 g/mol. The Kier molecular flexibility index (Phi) is 5.87. The van der Waals surface area contributed by atoms with Gasteiger partial charge >= 0.3 is 6.03 Å². The van der Waals surface area contributed by atoms with Gasteiger partial charge in [0.25, 0.3) is 0 Å². The Morgan fingerprint density at radius 1 is 1.20 bits per heavy atom. The molecule has 7 nitrogen and oxygen atoms in total. The molecular weight excluding hydrogens is 394 g/mol. The SMILES string of the molecule is O=C(Nc1ccccc1F)N1CCCC1c1nc(CCOc2ccc(F)cc2)no1. The van der Waals surface area contributed by atoms with Crippen LogP contribution in [-0.4, -0.2) is 34.2 Å². The Morgan fingerprint density at radius 2 is 2.00 bits per heavy atom. The normalized spacial score (nSPS) is 15.9. The lowest BCUT2D eigenvalue weighted by molar-refractivity contribution is 0.193. The maximum atomic E-state index is 13.8. The van der Waals surface area contributed by atoms with E-state index in [2.05, 4.69) is 15.5 Å². The third-order valence-electron chi connectivity index (χ3n) is 4.81. The van der Waals surface area contributed by atoms with Crippen LogP contribution >= 0.6 is 0 Å². The lowest BCUT2D eigenvalue weighted by Crippen LogP contribution is -2.34. The van der Waals surface area contributed by atoms with Gasteiger partial charge in [0.15, 0.2) is 5.82 Å². The molecule has 156 valence electrons. The molecule has 1 fully saturated rings. The third kappa shape index (κ3) is 4.56. The number of benzene rings is 2. The van der Waals surface area contributed by atoms with Crippen molar-refractivity contribution in [3.05, 3.63) is 71.9 Å². The lowest BCUT2D eigenvalue weighted by atomic mass is 10.2. The summed E-state index contributed by atoms with van der Waals surface area (Å²) in [6, 6.07) is 11.0. The molecule has 30 heavy (non-hydrogen) atoms. The van der Waals surface area contributed by atoms with E-state index in [0.29, 0.717) is 43.5 Å². The number of ether oxygens (including phenoxy) is 1. The second-order valence-corrected chi connectivity index (χ2v) is 6.86. The number of hydrogen-bond acceptors (Lipinski definition) is 5. The Bertz CT molecular complexity index is 1010. The first kappa shape index (κ1) is 19.8. The summed E-state index contributed by atoms with van der Waals surface area (Å²) in [6.45, 7) is 0.809. The zero-order valence-corrected chi connectivity index (χ0v) is 16.1. The van der Waals surface area contributed by atoms with Crippen molar-refractivity contribution < 1.29 is 22.8 Å². The second-order valence-electron chi connectivity index (χ2n) is 6.86. The number of rotatable bonds is 6. The van der Waals surface area contributed by atoms with Crippen LogP contribution in [0.1, 0.15) is 30.6 Å². The molecule has 1 aliphatic rings. The van der Waals surface area contributed by atoms with E-state index in [0.717, 1.165) is 6.42 Å². The molecule has 1 aliphatic heterocycles.